The monoisotopic (exact) mass is 255 g/mol. The number of hydrogen-bond donors (Lipinski definition) is 1. The Morgan fingerprint density at radius 2 is 1.83 bits per heavy atom. The molecule has 98 valence electrons. The Hall–Kier alpha value is -1.49. The van der Waals surface area contributed by atoms with Crippen molar-refractivity contribution < 1.29 is 18.7 Å². The van der Waals surface area contributed by atoms with Gasteiger partial charge < -0.3 is 9.94 Å². The van der Waals surface area contributed by atoms with Crippen molar-refractivity contribution in [3.63, 3.8) is 0 Å². The third-order valence-corrected chi connectivity index (χ3v) is 3.18. The van der Waals surface area contributed by atoms with Crippen molar-refractivity contribution in [2.24, 2.45) is 5.16 Å². The van der Waals surface area contributed by atoms with Crippen LogP contribution in [0.5, 0.6) is 0 Å². The van der Waals surface area contributed by atoms with Gasteiger partial charge in [-0.25, -0.2) is 8.78 Å². The van der Waals surface area contributed by atoms with E-state index < -0.39 is 11.6 Å². The number of hydrogen-bond acceptors (Lipinski definition) is 3. The fourth-order valence-corrected chi connectivity index (χ4v) is 2.06. The van der Waals surface area contributed by atoms with Crippen LogP contribution < -0.4 is 0 Å². The summed E-state index contributed by atoms with van der Waals surface area (Å²) in [6.45, 7) is -0.0607. The minimum atomic E-state index is -0.580. The third-order valence-electron chi connectivity index (χ3n) is 3.18. The van der Waals surface area contributed by atoms with Crippen molar-refractivity contribution in [1.82, 2.24) is 0 Å². The topological polar surface area (TPSA) is 41.8 Å². The van der Waals surface area contributed by atoms with Gasteiger partial charge in [0, 0.05) is 5.56 Å². The smallest absolute Gasteiger partial charge is 0.131 e. The first-order valence-electron chi connectivity index (χ1n) is 5.95. The van der Waals surface area contributed by atoms with Gasteiger partial charge in [-0.05, 0) is 37.8 Å². The van der Waals surface area contributed by atoms with Gasteiger partial charge >= 0.3 is 0 Å². The molecule has 3 nitrogen and oxygen atoms in total. The van der Waals surface area contributed by atoms with Crippen LogP contribution in [0.3, 0.4) is 0 Å². The maximum Gasteiger partial charge on any atom is 0.131 e. The highest BCUT2D eigenvalue weighted by atomic mass is 19.1. The lowest BCUT2D eigenvalue weighted by Gasteiger charge is -2.22. The number of benzene rings is 1. The highest BCUT2D eigenvalue weighted by molar-refractivity contribution is 5.84. The largest absolute Gasteiger partial charge is 0.411 e. The van der Waals surface area contributed by atoms with Gasteiger partial charge in [-0.1, -0.05) is 11.2 Å². The zero-order valence-corrected chi connectivity index (χ0v) is 9.90. The van der Waals surface area contributed by atoms with Gasteiger partial charge in [0.05, 0.1) is 18.4 Å². The maximum atomic E-state index is 13.3. The van der Waals surface area contributed by atoms with Crippen LogP contribution in [0.4, 0.5) is 8.78 Å². The summed E-state index contributed by atoms with van der Waals surface area (Å²) in [5, 5.41) is 11.8. The standard InChI is InChI=1S/C13H15F2NO2/c14-12-2-1-3-13(15)11(12)8-18-10-6-4-9(16-17)5-7-10/h1-3,10,17H,4-8H2. The van der Waals surface area contributed by atoms with E-state index in [0.717, 1.165) is 18.6 Å². The van der Waals surface area contributed by atoms with E-state index in [1.165, 1.54) is 18.2 Å². The minimum Gasteiger partial charge on any atom is -0.411 e. The molecule has 1 saturated carbocycles. The Morgan fingerprint density at radius 3 is 2.39 bits per heavy atom. The van der Waals surface area contributed by atoms with E-state index in [9.17, 15) is 8.78 Å². The van der Waals surface area contributed by atoms with Gasteiger partial charge in [-0.2, -0.15) is 0 Å². The van der Waals surface area contributed by atoms with Crippen molar-refractivity contribution in [3.05, 3.63) is 35.4 Å². The van der Waals surface area contributed by atoms with Gasteiger partial charge in [0.15, 0.2) is 0 Å². The van der Waals surface area contributed by atoms with Crippen LogP contribution in [0.1, 0.15) is 31.2 Å². The van der Waals surface area contributed by atoms with Crippen LogP contribution in [-0.4, -0.2) is 17.0 Å². The molecule has 0 heterocycles. The van der Waals surface area contributed by atoms with E-state index in [-0.39, 0.29) is 18.3 Å². The molecular weight excluding hydrogens is 240 g/mol. The Morgan fingerprint density at radius 1 is 1.22 bits per heavy atom. The second-order valence-corrected chi connectivity index (χ2v) is 4.38. The van der Waals surface area contributed by atoms with E-state index in [0.29, 0.717) is 12.8 Å². The van der Waals surface area contributed by atoms with Crippen molar-refractivity contribution in [2.45, 2.75) is 38.4 Å². The summed E-state index contributed by atoms with van der Waals surface area (Å²) in [5.41, 5.74) is 0.728. The molecule has 0 aliphatic heterocycles. The molecule has 1 aliphatic rings. The molecule has 0 radical (unpaired) electrons. The molecule has 5 heteroatoms. The fourth-order valence-electron chi connectivity index (χ4n) is 2.06. The molecule has 18 heavy (non-hydrogen) atoms. The number of halogens is 2. The molecule has 0 unspecified atom stereocenters. The Balaban J connectivity index is 1.89. The number of ether oxygens (including phenoxy) is 1. The first kappa shape index (κ1) is 13.0. The van der Waals surface area contributed by atoms with Crippen molar-refractivity contribution in [3.8, 4) is 0 Å². The molecule has 1 aliphatic carbocycles. The summed E-state index contributed by atoms with van der Waals surface area (Å²) in [6, 6.07) is 3.77. The van der Waals surface area contributed by atoms with E-state index >= 15 is 0 Å². The maximum absolute atomic E-state index is 13.3. The van der Waals surface area contributed by atoms with Crippen LogP contribution >= 0.6 is 0 Å². The lowest BCUT2D eigenvalue weighted by Crippen LogP contribution is -2.22. The predicted molar refractivity (Wildman–Crippen MR) is 62.6 cm³/mol. The lowest BCUT2D eigenvalue weighted by molar-refractivity contribution is 0.0248. The van der Waals surface area contributed by atoms with Crippen LogP contribution in [0, 0.1) is 11.6 Å². The summed E-state index contributed by atoms with van der Waals surface area (Å²) in [5.74, 6) is -1.16. The summed E-state index contributed by atoms with van der Waals surface area (Å²) in [6.07, 6.45) is 2.74. The Kier molecular flexibility index (Phi) is 4.25. The van der Waals surface area contributed by atoms with Crippen LogP contribution in [0.25, 0.3) is 0 Å². The summed E-state index contributed by atoms with van der Waals surface area (Å²) in [7, 11) is 0. The molecule has 1 N–H and O–H groups in total. The molecular formula is C13H15F2NO2. The summed E-state index contributed by atoms with van der Waals surface area (Å²) in [4.78, 5) is 0. The third kappa shape index (κ3) is 3.04. The number of rotatable bonds is 3. The fraction of sp³-hybridized carbons (Fsp3) is 0.462. The van der Waals surface area contributed by atoms with Crippen LogP contribution in [-0.2, 0) is 11.3 Å². The predicted octanol–water partition coefficient (Wildman–Crippen LogP) is 3.25. The van der Waals surface area contributed by atoms with E-state index in [2.05, 4.69) is 5.16 Å². The Labute approximate surface area is 104 Å². The van der Waals surface area contributed by atoms with Gasteiger partial charge in [0.2, 0.25) is 0 Å². The normalized spacial score (nSPS) is 19.9. The van der Waals surface area contributed by atoms with Gasteiger partial charge in [0.25, 0.3) is 0 Å². The van der Waals surface area contributed by atoms with E-state index in [1.54, 1.807) is 0 Å². The quantitative estimate of drug-likeness (QED) is 0.665. The second-order valence-electron chi connectivity index (χ2n) is 4.38. The minimum absolute atomic E-state index is 0.0286. The molecule has 0 saturated heterocycles. The molecule has 0 aromatic heterocycles. The van der Waals surface area contributed by atoms with Gasteiger partial charge in [0.1, 0.15) is 11.6 Å². The first-order chi connectivity index (χ1) is 8.70. The van der Waals surface area contributed by atoms with E-state index in [1.807, 2.05) is 0 Å². The van der Waals surface area contributed by atoms with Crippen molar-refractivity contribution >= 4 is 5.71 Å². The number of oxime groups is 1. The highest BCUT2D eigenvalue weighted by Crippen LogP contribution is 2.21. The molecule has 0 spiro atoms. The molecule has 2 rings (SSSR count). The number of nitrogens with zero attached hydrogens (tertiary/aromatic N) is 1. The van der Waals surface area contributed by atoms with Crippen LogP contribution in [0.2, 0.25) is 0 Å². The molecule has 0 amide bonds. The molecule has 1 fully saturated rings. The molecule has 1 aromatic rings. The first-order valence-corrected chi connectivity index (χ1v) is 5.95. The highest BCUT2D eigenvalue weighted by Gasteiger charge is 2.19. The van der Waals surface area contributed by atoms with Crippen LogP contribution in [0.15, 0.2) is 23.4 Å². The summed E-state index contributed by atoms with van der Waals surface area (Å²) >= 11 is 0. The molecule has 1 aromatic carbocycles. The average molecular weight is 255 g/mol. The molecule has 0 atom stereocenters. The van der Waals surface area contributed by atoms with Gasteiger partial charge in [-0.15, -0.1) is 0 Å². The zero-order valence-electron chi connectivity index (χ0n) is 9.90. The zero-order chi connectivity index (χ0) is 13.0. The Bertz CT molecular complexity index is 418. The summed E-state index contributed by atoms with van der Waals surface area (Å²) < 4.78 is 32.2. The lowest BCUT2D eigenvalue weighted by atomic mass is 9.96. The SMILES string of the molecule is ON=C1CCC(OCc2c(F)cccc2F)CC1. The average Bonchev–Trinajstić information content (AvgIpc) is 2.39. The molecule has 0 bridgehead atoms. The van der Waals surface area contributed by atoms with Crippen molar-refractivity contribution in [1.29, 1.82) is 0 Å². The van der Waals surface area contributed by atoms with Crippen molar-refractivity contribution in [2.75, 3.05) is 0 Å². The van der Waals surface area contributed by atoms with Gasteiger partial charge in [-0.3, -0.25) is 0 Å². The second kappa shape index (κ2) is 5.91. The van der Waals surface area contributed by atoms with E-state index in [4.69, 9.17) is 9.94 Å².